The molecular formula is C29H29NO2. The number of fused-ring (bicyclic) bond motifs is 2. The average molecular weight is 424 g/mol. The molecule has 1 atom stereocenters. The van der Waals surface area contributed by atoms with E-state index in [1.807, 2.05) is 64.1 Å². The summed E-state index contributed by atoms with van der Waals surface area (Å²) in [5.41, 5.74) is 0.391. The van der Waals surface area contributed by atoms with Gasteiger partial charge < -0.3 is 4.74 Å². The molecule has 32 heavy (non-hydrogen) atoms. The number of aliphatic imine (C=N–C) groups is 1. The molecular weight excluding hydrogens is 394 g/mol. The van der Waals surface area contributed by atoms with Crippen LogP contribution in [-0.2, 0) is 16.0 Å². The average Bonchev–Trinajstić information content (AvgIpc) is 2.77. The molecule has 0 aliphatic carbocycles. The minimum atomic E-state index is -1.05. The zero-order valence-electron chi connectivity index (χ0n) is 19.1. The number of carbonyl (C=O) groups excluding carboxylic acids is 1. The van der Waals surface area contributed by atoms with Crippen LogP contribution in [0.2, 0.25) is 0 Å². The highest BCUT2D eigenvalue weighted by atomic mass is 16.6. The summed E-state index contributed by atoms with van der Waals surface area (Å²) in [6.07, 6.45) is 2.24. The lowest BCUT2D eigenvalue weighted by atomic mass is 9.90. The summed E-state index contributed by atoms with van der Waals surface area (Å²) in [6, 6.07) is 28.8. The Morgan fingerprint density at radius 2 is 1.47 bits per heavy atom. The first-order valence-corrected chi connectivity index (χ1v) is 11.0. The lowest BCUT2D eigenvalue weighted by Gasteiger charge is -2.29. The second-order valence-corrected chi connectivity index (χ2v) is 9.46. The van der Waals surface area contributed by atoms with Crippen molar-refractivity contribution in [2.75, 3.05) is 0 Å². The molecule has 0 unspecified atom stereocenters. The third-order valence-electron chi connectivity index (χ3n) is 5.53. The number of nitrogens with zero attached hydrogens (tertiary/aromatic N) is 1. The second-order valence-electron chi connectivity index (χ2n) is 9.46. The third kappa shape index (κ3) is 4.88. The minimum absolute atomic E-state index is 0.324. The second kappa shape index (κ2) is 8.58. The first-order valence-electron chi connectivity index (χ1n) is 11.0. The van der Waals surface area contributed by atoms with Gasteiger partial charge in [0, 0.05) is 12.6 Å². The number of ether oxygens (including phenoxy) is 1. The SMILES string of the molecule is CC(C)(C)OC(=O)[C@](C)(Cc1cccc2ccccc12)N=Cc1ccc2ccccc2c1. The van der Waals surface area contributed by atoms with Crippen LogP contribution in [0.3, 0.4) is 0 Å². The van der Waals surface area contributed by atoms with Gasteiger partial charge in [0.05, 0.1) is 0 Å². The van der Waals surface area contributed by atoms with E-state index in [-0.39, 0.29) is 5.97 Å². The Morgan fingerprint density at radius 3 is 2.22 bits per heavy atom. The Labute approximate surface area is 189 Å². The Hall–Kier alpha value is -3.46. The molecule has 0 spiro atoms. The fraction of sp³-hybridized carbons (Fsp3) is 0.241. The van der Waals surface area contributed by atoms with Gasteiger partial charge >= 0.3 is 5.97 Å². The molecule has 0 bridgehead atoms. The maximum Gasteiger partial charge on any atom is 0.334 e. The molecule has 0 radical (unpaired) electrons. The van der Waals surface area contributed by atoms with Gasteiger partial charge in [-0.2, -0.15) is 0 Å². The van der Waals surface area contributed by atoms with E-state index in [1.54, 1.807) is 6.21 Å². The molecule has 4 aromatic rings. The fourth-order valence-corrected chi connectivity index (χ4v) is 3.88. The highest BCUT2D eigenvalue weighted by Crippen LogP contribution is 2.27. The van der Waals surface area contributed by atoms with E-state index >= 15 is 0 Å². The molecule has 4 rings (SSSR count). The van der Waals surface area contributed by atoms with E-state index in [2.05, 4.69) is 48.5 Å². The van der Waals surface area contributed by atoms with Gasteiger partial charge in [0.1, 0.15) is 5.60 Å². The molecule has 3 nitrogen and oxygen atoms in total. The highest BCUT2D eigenvalue weighted by molar-refractivity contribution is 5.93. The first-order chi connectivity index (χ1) is 15.2. The molecule has 0 heterocycles. The van der Waals surface area contributed by atoms with Crippen molar-refractivity contribution in [3.63, 3.8) is 0 Å². The van der Waals surface area contributed by atoms with Crippen LogP contribution in [0.1, 0.15) is 38.8 Å². The summed E-state index contributed by atoms with van der Waals surface area (Å²) < 4.78 is 5.79. The normalized spacial score (nSPS) is 14.0. The Balaban J connectivity index is 1.72. The lowest BCUT2D eigenvalue weighted by molar-refractivity contribution is -0.160. The molecule has 0 aliphatic heterocycles. The van der Waals surface area contributed by atoms with E-state index in [9.17, 15) is 4.79 Å². The first kappa shape index (κ1) is 21.8. The lowest BCUT2D eigenvalue weighted by Crippen LogP contribution is -2.41. The number of hydrogen-bond acceptors (Lipinski definition) is 3. The van der Waals surface area contributed by atoms with Gasteiger partial charge in [-0.15, -0.1) is 0 Å². The largest absolute Gasteiger partial charge is 0.458 e. The topological polar surface area (TPSA) is 38.7 Å². The van der Waals surface area contributed by atoms with Crippen molar-refractivity contribution in [2.45, 2.75) is 45.3 Å². The number of carbonyl (C=O) groups is 1. The number of rotatable bonds is 5. The summed E-state index contributed by atoms with van der Waals surface area (Å²) in [7, 11) is 0. The van der Waals surface area contributed by atoms with E-state index in [1.165, 1.54) is 5.39 Å². The van der Waals surface area contributed by atoms with Crippen LogP contribution in [0.15, 0.2) is 89.9 Å². The summed E-state index contributed by atoms with van der Waals surface area (Å²) in [4.78, 5) is 18.1. The molecule has 0 saturated carbocycles. The van der Waals surface area contributed by atoms with Crippen molar-refractivity contribution in [2.24, 2.45) is 4.99 Å². The van der Waals surface area contributed by atoms with Gasteiger partial charge in [-0.25, -0.2) is 4.79 Å². The molecule has 0 aliphatic rings. The molecule has 0 fully saturated rings. The van der Waals surface area contributed by atoms with Crippen LogP contribution >= 0.6 is 0 Å². The quantitative estimate of drug-likeness (QED) is 0.263. The smallest absolute Gasteiger partial charge is 0.334 e. The zero-order valence-corrected chi connectivity index (χ0v) is 19.1. The van der Waals surface area contributed by atoms with E-state index < -0.39 is 11.1 Å². The van der Waals surface area contributed by atoms with Gasteiger partial charge in [-0.05, 0) is 66.4 Å². The molecule has 0 N–H and O–H groups in total. The van der Waals surface area contributed by atoms with E-state index in [4.69, 9.17) is 9.73 Å². The van der Waals surface area contributed by atoms with Gasteiger partial charge in [-0.1, -0.05) is 78.9 Å². The highest BCUT2D eigenvalue weighted by Gasteiger charge is 2.37. The van der Waals surface area contributed by atoms with Crippen LogP contribution in [0, 0.1) is 0 Å². The van der Waals surface area contributed by atoms with Crippen molar-refractivity contribution in [1.29, 1.82) is 0 Å². The number of benzene rings is 4. The van der Waals surface area contributed by atoms with Gasteiger partial charge in [-0.3, -0.25) is 4.99 Å². The Bertz CT molecular complexity index is 1290. The molecule has 3 heteroatoms. The zero-order chi connectivity index (χ0) is 22.8. The van der Waals surface area contributed by atoms with Crippen LogP contribution in [0.25, 0.3) is 21.5 Å². The monoisotopic (exact) mass is 423 g/mol. The van der Waals surface area contributed by atoms with Crippen molar-refractivity contribution >= 4 is 33.7 Å². The number of hydrogen-bond donors (Lipinski definition) is 0. The van der Waals surface area contributed by atoms with Crippen LogP contribution in [-0.4, -0.2) is 23.3 Å². The predicted molar refractivity (Wildman–Crippen MR) is 133 cm³/mol. The molecule has 0 saturated heterocycles. The molecule has 162 valence electrons. The molecule has 0 aromatic heterocycles. The van der Waals surface area contributed by atoms with Crippen molar-refractivity contribution in [3.8, 4) is 0 Å². The van der Waals surface area contributed by atoms with Crippen molar-refractivity contribution < 1.29 is 9.53 Å². The summed E-state index contributed by atoms with van der Waals surface area (Å²) in [5, 5.41) is 4.60. The van der Waals surface area contributed by atoms with Crippen LogP contribution in [0.4, 0.5) is 0 Å². The van der Waals surface area contributed by atoms with E-state index in [0.717, 1.165) is 27.3 Å². The minimum Gasteiger partial charge on any atom is -0.458 e. The standard InChI is InChI=1S/C29H29NO2/c1-28(2,3)32-27(31)29(4,19-25-14-9-13-23-11-7-8-15-26(23)25)30-20-21-16-17-22-10-5-6-12-24(22)18-21/h5-18,20H,19H2,1-4H3/t29-/m0/s1. The predicted octanol–water partition coefficient (Wildman–Crippen LogP) is 6.76. The Morgan fingerprint density at radius 1 is 0.812 bits per heavy atom. The fourth-order valence-electron chi connectivity index (χ4n) is 3.88. The van der Waals surface area contributed by atoms with Crippen molar-refractivity contribution in [3.05, 3.63) is 96.1 Å². The summed E-state index contributed by atoms with van der Waals surface area (Å²) in [6.45, 7) is 7.52. The third-order valence-corrected chi connectivity index (χ3v) is 5.53. The summed E-state index contributed by atoms with van der Waals surface area (Å²) >= 11 is 0. The number of esters is 1. The molecule has 4 aromatic carbocycles. The van der Waals surface area contributed by atoms with Crippen molar-refractivity contribution in [1.82, 2.24) is 0 Å². The van der Waals surface area contributed by atoms with Gasteiger partial charge in [0.15, 0.2) is 5.54 Å². The Kier molecular flexibility index (Phi) is 5.84. The van der Waals surface area contributed by atoms with E-state index in [0.29, 0.717) is 6.42 Å². The summed E-state index contributed by atoms with van der Waals surface area (Å²) in [5.74, 6) is -0.324. The molecule has 0 amide bonds. The van der Waals surface area contributed by atoms with Crippen LogP contribution in [0.5, 0.6) is 0 Å². The maximum absolute atomic E-state index is 13.3. The van der Waals surface area contributed by atoms with Crippen LogP contribution < -0.4 is 0 Å². The van der Waals surface area contributed by atoms with Gasteiger partial charge in [0.25, 0.3) is 0 Å². The van der Waals surface area contributed by atoms with Gasteiger partial charge in [0.2, 0.25) is 0 Å². The maximum atomic E-state index is 13.3.